The van der Waals surface area contributed by atoms with Gasteiger partial charge in [0.25, 0.3) is 0 Å². The second-order valence-corrected chi connectivity index (χ2v) is 9.63. The zero-order valence-electron chi connectivity index (χ0n) is 16.9. The molecule has 2 amide bonds. The van der Waals surface area contributed by atoms with Gasteiger partial charge in [-0.1, -0.05) is 36.4 Å². The molecule has 2 atom stereocenters. The van der Waals surface area contributed by atoms with Crippen LogP contribution in [0.5, 0.6) is 11.5 Å². The average Bonchev–Trinajstić information content (AvgIpc) is 3.37. The summed E-state index contributed by atoms with van der Waals surface area (Å²) in [6, 6.07) is 21.4. The summed E-state index contributed by atoms with van der Waals surface area (Å²) in [5, 5.41) is 19.9. The molecule has 8 heteroatoms. The summed E-state index contributed by atoms with van der Waals surface area (Å²) in [5.74, 6) is 0.916. The molecule has 5 rings (SSSR count). The molecular weight excluding hydrogens is 444 g/mol. The van der Waals surface area contributed by atoms with E-state index in [0.29, 0.717) is 34.0 Å². The van der Waals surface area contributed by atoms with Gasteiger partial charge in [0.2, 0.25) is 11.8 Å². The van der Waals surface area contributed by atoms with Crippen LogP contribution in [-0.2, 0) is 9.59 Å². The van der Waals surface area contributed by atoms with Crippen molar-refractivity contribution >= 4 is 46.7 Å². The number of nitrogens with zero attached hydrogens (tertiary/aromatic N) is 2. The predicted octanol–water partition coefficient (Wildman–Crippen LogP) is 4.66. The summed E-state index contributed by atoms with van der Waals surface area (Å²) >= 11 is 2.94. The van der Waals surface area contributed by atoms with Crippen molar-refractivity contribution in [3.8, 4) is 11.5 Å². The first-order chi connectivity index (χ1) is 15.5. The van der Waals surface area contributed by atoms with E-state index < -0.39 is 0 Å². The Bertz CT molecular complexity index is 1090. The maximum Gasteiger partial charge on any atom is 0.238 e. The van der Waals surface area contributed by atoms with Crippen LogP contribution in [0.3, 0.4) is 0 Å². The van der Waals surface area contributed by atoms with Crippen LogP contribution in [0.4, 0.5) is 11.4 Å². The van der Waals surface area contributed by atoms with E-state index in [1.807, 2.05) is 48.5 Å². The standard InChI is InChI=1S/C24H20N2O4S2/c27-19-7-3-1-5-17(19)23-25(21(29)13-31-23)15-9-11-16(12-10-15)26-22(30)14-32-24(26)18-6-2-4-8-20(18)28/h1-12,23-24,27-28H,13-14H2. The van der Waals surface area contributed by atoms with Crippen molar-refractivity contribution in [2.45, 2.75) is 10.7 Å². The van der Waals surface area contributed by atoms with E-state index in [0.717, 1.165) is 0 Å². The minimum Gasteiger partial charge on any atom is -0.508 e. The number of anilines is 2. The molecule has 0 bridgehead atoms. The number of amides is 2. The molecule has 2 aliphatic rings. The van der Waals surface area contributed by atoms with E-state index in [-0.39, 0.29) is 34.1 Å². The van der Waals surface area contributed by atoms with Gasteiger partial charge < -0.3 is 10.2 Å². The maximum atomic E-state index is 12.7. The summed E-state index contributed by atoms with van der Waals surface area (Å²) in [6.07, 6.45) is 0. The van der Waals surface area contributed by atoms with E-state index in [9.17, 15) is 19.8 Å². The molecule has 32 heavy (non-hydrogen) atoms. The predicted molar refractivity (Wildman–Crippen MR) is 128 cm³/mol. The van der Waals surface area contributed by atoms with Crippen molar-refractivity contribution < 1.29 is 19.8 Å². The minimum absolute atomic E-state index is 0.0316. The summed E-state index contributed by atoms with van der Waals surface area (Å²) in [4.78, 5) is 28.7. The van der Waals surface area contributed by atoms with Crippen molar-refractivity contribution in [1.29, 1.82) is 0 Å². The first-order valence-corrected chi connectivity index (χ1v) is 12.2. The van der Waals surface area contributed by atoms with Gasteiger partial charge in [-0.2, -0.15) is 0 Å². The molecule has 2 fully saturated rings. The van der Waals surface area contributed by atoms with Crippen LogP contribution < -0.4 is 9.80 Å². The summed E-state index contributed by atoms with van der Waals surface area (Å²) in [5.41, 5.74) is 2.79. The number of para-hydroxylation sites is 2. The molecule has 0 radical (unpaired) electrons. The number of hydrogen-bond acceptors (Lipinski definition) is 6. The minimum atomic E-state index is -0.312. The maximum absolute atomic E-state index is 12.7. The van der Waals surface area contributed by atoms with Gasteiger partial charge in [-0.15, -0.1) is 23.5 Å². The van der Waals surface area contributed by atoms with Crippen molar-refractivity contribution in [3.63, 3.8) is 0 Å². The molecule has 2 unspecified atom stereocenters. The highest BCUT2D eigenvalue weighted by Crippen LogP contribution is 2.47. The number of aromatic hydroxyl groups is 2. The zero-order chi connectivity index (χ0) is 22.2. The number of carbonyl (C=O) groups is 2. The molecule has 162 valence electrons. The lowest BCUT2D eigenvalue weighted by Gasteiger charge is -2.27. The Kier molecular flexibility index (Phi) is 5.48. The lowest BCUT2D eigenvalue weighted by molar-refractivity contribution is -0.116. The molecule has 0 spiro atoms. The number of rotatable bonds is 4. The third-order valence-corrected chi connectivity index (χ3v) is 7.94. The molecule has 3 aromatic rings. The van der Waals surface area contributed by atoms with Crippen molar-refractivity contribution in [2.75, 3.05) is 21.3 Å². The van der Waals surface area contributed by atoms with Crippen LogP contribution in [0.2, 0.25) is 0 Å². The quantitative estimate of drug-likeness (QED) is 0.585. The van der Waals surface area contributed by atoms with E-state index in [1.54, 1.807) is 34.1 Å². The van der Waals surface area contributed by atoms with Crippen LogP contribution >= 0.6 is 23.5 Å². The third kappa shape index (κ3) is 3.59. The second kappa shape index (κ2) is 8.44. The molecule has 2 aliphatic heterocycles. The number of phenols is 2. The van der Waals surface area contributed by atoms with Crippen molar-refractivity contribution in [1.82, 2.24) is 0 Å². The monoisotopic (exact) mass is 464 g/mol. The van der Waals surface area contributed by atoms with Crippen LogP contribution in [0, 0.1) is 0 Å². The fraction of sp³-hybridized carbons (Fsp3) is 0.167. The first-order valence-electron chi connectivity index (χ1n) is 10.1. The number of thioether (sulfide) groups is 2. The van der Waals surface area contributed by atoms with E-state index >= 15 is 0 Å². The molecule has 2 saturated heterocycles. The van der Waals surface area contributed by atoms with Gasteiger partial charge >= 0.3 is 0 Å². The van der Waals surface area contributed by atoms with Gasteiger partial charge in [-0.25, -0.2) is 0 Å². The zero-order valence-corrected chi connectivity index (χ0v) is 18.6. The van der Waals surface area contributed by atoms with Crippen molar-refractivity contribution in [3.05, 3.63) is 83.9 Å². The Balaban J connectivity index is 1.46. The lowest BCUT2D eigenvalue weighted by Crippen LogP contribution is -2.29. The number of hydrogen-bond donors (Lipinski definition) is 2. The Labute approximate surface area is 193 Å². The molecule has 0 aromatic heterocycles. The van der Waals surface area contributed by atoms with Gasteiger partial charge in [-0.3, -0.25) is 19.4 Å². The summed E-state index contributed by atoms with van der Waals surface area (Å²) < 4.78 is 0. The number of benzene rings is 3. The first kappa shape index (κ1) is 20.8. The normalized spacial score (nSPS) is 20.9. The van der Waals surface area contributed by atoms with Crippen LogP contribution in [0.25, 0.3) is 0 Å². The average molecular weight is 465 g/mol. The number of phenolic OH excluding ortho intramolecular Hbond substituents is 2. The number of carbonyl (C=O) groups excluding carboxylic acids is 2. The third-order valence-electron chi connectivity index (χ3n) is 5.55. The Morgan fingerprint density at radius 1 is 0.625 bits per heavy atom. The highest BCUT2D eigenvalue weighted by atomic mass is 32.2. The molecule has 2 N–H and O–H groups in total. The highest BCUT2D eigenvalue weighted by Gasteiger charge is 2.37. The highest BCUT2D eigenvalue weighted by molar-refractivity contribution is 8.01. The van der Waals surface area contributed by atoms with Gasteiger partial charge in [0.15, 0.2) is 0 Å². The lowest BCUT2D eigenvalue weighted by atomic mass is 10.1. The molecule has 0 aliphatic carbocycles. The molecule has 0 saturated carbocycles. The second-order valence-electron chi connectivity index (χ2n) is 7.49. The fourth-order valence-corrected chi connectivity index (χ4v) is 6.45. The van der Waals surface area contributed by atoms with Crippen molar-refractivity contribution in [2.24, 2.45) is 0 Å². The SMILES string of the molecule is O=C1CSC(c2ccccc2O)N1c1ccc(N2C(=O)CSC2c2ccccc2O)cc1. The fourth-order valence-electron chi connectivity index (χ4n) is 4.03. The van der Waals surface area contributed by atoms with Gasteiger partial charge in [0, 0.05) is 22.5 Å². The molecular formula is C24H20N2O4S2. The topological polar surface area (TPSA) is 81.1 Å². The largest absolute Gasteiger partial charge is 0.508 e. The van der Waals surface area contributed by atoms with E-state index in [4.69, 9.17) is 0 Å². The molecule has 6 nitrogen and oxygen atoms in total. The Morgan fingerprint density at radius 3 is 1.38 bits per heavy atom. The van der Waals surface area contributed by atoms with Crippen LogP contribution in [0.15, 0.2) is 72.8 Å². The van der Waals surface area contributed by atoms with E-state index in [1.165, 1.54) is 23.5 Å². The summed E-state index contributed by atoms with van der Waals surface area (Å²) in [7, 11) is 0. The smallest absolute Gasteiger partial charge is 0.238 e. The van der Waals surface area contributed by atoms with Gasteiger partial charge in [0.05, 0.1) is 11.5 Å². The van der Waals surface area contributed by atoms with Gasteiger partial charge in [0.1, 0.15) is 22.2 Å². The molecule has 2 heterocycles. The Hall–Kier alpha value is -3.10. The van der Waals surface area contributed by atoms with E-state index in [2.05, 4.69) is 0 Å². The Morgan fingerprint density at radius 2 is 1.00 bits per heavy atom. The van der Waals surface area contributed by atoms with Crippen LogP contribution in [-0.4, -0.2) is 33.5 Å². The van der Waals surface area contributed by atoms with Crippen LogP contribution in [0.1, 0.15) is 21.9 Å². The van der Waals surface area contributed by atoms with Gasteiger partial charge in [-0.05, 0) is 36.4 Å². The molecule has 3 aromatic carbocycles. The summed E-state index contributed by atoms with van der Waals surface area (Å²) in [6.45, 7) is 0.